The van der Waals surface area contributed by atoms with Crippen molar-refractivity contribution in [2.45, 2.75) is 6.54 Å². The highest BCUT2D eigenvalue weighted by Crippen LogP contribution is 2.34. The summed E-state index contributed by atoms with van der Waals surface area (Å²) < 4.78 is 6.51. The Morgan fingerprint density at radius 1 is 1.33 bits per heavy atom. The van der Waals surface area contributed by atoms with Crippen molar-refractivity contribution in [1.29, 1.82) is 0 Å². The van der Waals surface area contributed by atoms with Crippen molar-refractivity contribution in [1.82, 2.24) is 5.32 Å². The fraction of sp³-hybridized carbons (Fsp3) is 0.143. The van der Waals surface area contributed by atoms with E-state index in [2.05, 4.69) is 21.2 Å². The monoisotopic (exact) mass is 370 g/mol. The molecule has 110 valence electrons. The Balaban J connectivity index is 2.27. The third-order valence-electron chi connectivity index (χ3n) is 2.75. The summed E-state index contributed by atoms with van der Waals surface area (Å²) >= 11 is 9.46. The van der Waals surface area contributed by atoms with Crippen LogP contribution in [-0.2, 0) is 6.54 Å². The van der Waals surface area contributed by atoms with Crippen LogP contribution >= 0.6 is 27.5 Å². The first-order chi connectivity index (χ1) is 10.0. The molecule has 0 amide bonds. The number of nitrogens with one attached hydrogen (secondary N) is 1. The number of nitrogens with zero attached hydrogens (tertiary/aromatic N) is 1. The van der Waals surface area contributed by atoms with Crippen molar-refractivity contribution in [3.8, 4) is 11.5 Å². The molecule has 5 nitrogen and oxygen atoms in total. The summed E-state index contributed by atoms with van der Waals surface area (Å²) in [6, 6.07) is 9.56. The number of benzene rings is 2. The van der Waals surface area contributed by atoms with Gasteiger partial charge in [0.15, 0.2) is 5.75 Å². The second-order valence-corrected chi connectivity index (χ2v) is 5.52. The first kappa shape index (κ1) is 15.8. The molecule has 0 unspecified atom stereocenters. The molecule has 1 N–H and O–H groups in total. The molecule has 0 aliphatic carbocycles. The van der Waals surface area contributed by atoms with E-state index in [0.717, 1.165) is 16.6 Å². The molecule has 0 radical (unpaired) electrons. The van der Waals surface area contributed by atoms with Crippen molar-refractivity contribution < 1.29 is 9.66 Å². The van der Waals surface area contributed by atoms with Gasteiger partial charge in [-0.15, -0.1) is 0 Å². The fourth-order valence-corrected chi connectivity index (χ4v) is 2.39. The smallest absolute Gasteiger partial charge is 0.273 e. The number of hydrogen-bond donors (Lipinski definition) is 1. The summed E-state index contributed by atoms with van der Waals surface area (Å²) in [6.07, 6.45) is 0. The van der Waals surface area contributed by atoms with Crippen LogP contribution in [0.5, 0.6) is 11.5 Å². The number of hydrogen-bond acceptors (Lipinski definition) is 4. The molecule has 0 saturated heterocycles. The van der Waals surface area contributed by atoms with Crippen LogP contribution in [0.3, 0.4) is 0 Å². The molecule has 0 aromatic heterocycles. The molecule has 0 saturated carbocycles. The second-order valence-electron chi connectivity index (χ2n) is 4.26. The first-order valence-electron chi connectivity index (χ1n) is 6.06. The lowest BCUT2D eigenvalue weighted by atomic mass is 10.2. The highest BCUT2D eigenvalue weighted by Gasteiger charge is 2.12. The molecule has 0 atom stereocenters. The summed E-state index contributed by atoms with van der Waals surface area (Å²) in [5.41, 5.74) is 1.01. The molecule has 2 aromatic rings. The number of nitro benzene ring substituents is 1. The van der Waals surface area contributed by atoms with Crippen LogP contribution in [0.1, 0.15) is 5.56 Å². The van der Waals surface area contributed by atoms with Gasteiger partial charge < -0.3 is 10.1 Å². The molecule has 7 heteroatoms. The predicted molar refractivity (Wildman–Crippen MR) is 85.1 cm³/mol. The van der Waals surface area contributed by atoms with Gasteiger partial charge in [-0.05, 0) is 30.8 Å². The normalized spacial score (nSPS) is 10.4. The topological polar surface area (TPSA) is 64.4 Å². The van der Waals surface area contributed by atoms with E-state index in [-0.39, 0.29) is 11.4 Å². The van der Waals surface area contributed by atoms with E-state index in [1.807, 2.05) is 13.1 Å². The van der Waals surface area contributed by atoms with E-state index < -0.39 is 4.92 Å². The number of non-ortho nitro benzene ring substituents is 1. The molecule has 2 rings (SSSR count). The van der Waals surface area contributed by atoms with E-state index in [9.17, 15) is 10.1 Å². The van der Waals surface area contributed by atoms with E-state index in [0.29, 0.717) is 10.8 Å². The zero-order chi connectivity index (χ0) is 15.4. The van der Waals surface area contributed by atoms with Crippen LogP contribution in [-0.4, -0.2) is 12.0 Å². The minimum Gasteiger partial charge on any atom is -0.455 e. The second kappa shape index (κ2) is 6.89. The maximum absolute atomic E-state index is 10.8. The van der Waals surface area contributed by atoms with Crippen molar-refractivity contribution in [2.24, 2.45) is 0 Å². The van der Waals surface area contributed by atoms with Crippen LogP contribution < -0.4 is 10.1 Å². The zero-order valence-corrected chi connectivity index (χ0v) is 13.4. The Morgan fingerprint density at radius 3 is 2.71 bits per heavy atom. The fourth-order valence-electron chi connectivity index (χ4n) is 1.74. The SMILES string of the molecule is CNCc1ccc(Oc2cc([N+](=O)[O-])ccc2Cl)cc1Br. The first-order valence-corrected chi connectivity index (χ1v) is 7.23. The molecule has 2 aromatic carbocycles. The van der Waals surface area contributed by atoms with Gasteiger partial charge in [0, 0.05) is 17.1 Å². The molecule has 0 heterocycles. The standard InChI is InChI=1S/C14H12BrClN2O3/c1-17-8-9-2-4-11(7-12(9)15)21-14-6-10(18(19)20)3-5-13(14)16/h2-7,17H,8H2,1H3. The zero-order valence-electron chi connectivity index (χ0n) is 11.1. The van der Waals surface area contributed by atoms with Gasteiger partial charge in [0.2, 0.25) is 0 Å². The minimum atomic E-state index is -0.491. The summed E-state index contributed by atoms with van der Waals surface area (Å²) in [6.45, 7) is 0.721. The van der Waals surface area contributed by atoms with Crippen LogP contribution in [0.4, 0.5) is 5.69 Å². The van der Waals surface area contributed by atoms with Gasteiger partial charge in [-0.1, -0.05) is 33.6 Å². The maximum Gasteiger partial charge on any atom is 0.273 e. The average Bonchev–Trinajstić information content (AvgIpc) is 2.44. The third kappa shape index (κ3) is 3.93. The van der Waals surface area contributed by atoms with E-state index in [4.69, 9.17) is 16.3 Å². The molecule has 21 heavy (non-hydrogen) atoms. The van der Waals surface area contributed by atoms with Gasteiger partial charge in [-0.2, -0.15) is 0 Å². The van der Waals surface area contributed by atoms with E-state index in [1.54, 1.807) is 12.1 Å². The molecule has 0 spiro atoms. The largest absolute Gasteiger partial charge is 0.455 e. The van der Waals surface area contributed by atoms with E-state index >= 15 is 0 Å². The van der Waals surface area contributed by atoms with Gasteiger partial charge >= 0.3 is 0 Å². The number of rotatable bonds is 5. The Hall–Kier alpha value is -1.63. The van der Waals surface area contributed by atoms with Gasteiger partial charge in [-0.25, -0.2) is 0 Å². The van der Waals surface area contributed by atoms with Gasteiger partial charge in [-0.3, -0.25) is 10.1 Å². The number of halogens is 2. The quantitative estimate of drug-likeness (QED) is 0.620. The van der Waals surface area contributed by atoms with Crippen LogP contribution in [0.25, 0.3) is 0 Å². The molecule has 0 aliphatic heterocycles. The van der Waals surface area contributed by atoms with E-state index in [1.165, 1.54) is 18.2 Å². The Morgan fingerprint density at radius 2 is 2.10 bits per heavy atom. The summed E-state index contributed by atoms with van der Waals surface area (Å²) in [4.78, 5) is 10.3. The number of ether oxygens (including phenoxy) is 1. The number of nitro groups is 1. The van der Waals surface area contributed by atoms with Gasteiger partial charge in [0.1, 0.15) is 5.75 Å². The van der Waals surface area contributed by atoms with Crippen molar-refractivity contribution >= 4 is 33.2 Å². The van der Waals surface area contributed by atoms with Crippen molar-refractivity contribution in [3.63, 3.8) is 0 Å². The van der Waals surface area contributed by atoms with Gasteiger partial charge in [0.05, 0.1) is 16.0 Å². The third-order valence-corrected chi connectivity index (χ3v) is 3.80. The molecule has 0 aliphatic rings. The summed E-state index contributed by atoms with van der Waals surface area (Å²) in [7, 11) is 1.86. The summed E-state index contributed by atoms with van der Waals surface area (Å²) in [5, 5.41) is 14.2. The van der Waals surface area contributed by atoms with Crippen molar-refractivity contribution in [2.75, 3.05) is 7.05 Å². The van der Waals surface area contributed by atoms with Crippen molar-refractivity contribution in [3.05, 3.63) is 61.6 Å². The molecule has 0 fully saturated rings. The maximum atomic E-state index is 10.8. The molecular formula is C14H12BrClN2O3. The summed E-state index contributed by atoms with van der Waals surface area (Å²) in [5.74, 6) is 0.795. The lowest BCUT2D eigenvalue weighted by molar-refractivity contribution is -0.384. The lowest BCUT2D eigenvalue weighted by Crippen LogP contribution is -2.05. The highest BCUT2D eigenvalue weighted by atomic mass is 79.9. The van der Waals surface area contributed by atoms with Crippen LogP contribution in [0, 0.1) is 10.1 Å². The lowest BCUT2D eigenvalue weighted by Gasteiger charge is -2.10. The Bertz CT molecular complexity index is 679. The Labute approximate surface area is 135 Å². The van der Waals surface area contributed by atoms with Crippen LogP contribution in [0.15, 0.2) is 40.9 Å². The van der Waals surface area contributed by atoms with Gasteiger partial charge in [0.25, 0.3) is 5.69 Å². The average molecular weight is 372 g/mol. The Kier molecular flexibility index (Phi) is 5.17. The highest BCUT2D eigenvalue weighted by molar-refractivity contribution is 9.10. The predicted octanol–water partition coefficient (Wildman–Crippen LogP) is 4.52. The van der Waals surface area contributed by atoms with Crippen LogP contribution in [0.2, 0.25) is 5.02 Å². The molecule has 0 bridgehead atoms. The minimum absolute atomic E-state index is 0.0692. The molecular weight excluding hydrogens is 360 g/mol.